The van der Waals surface area contributed by atoms with E-state index in [0.29, 0.717) is 19.0 Å². The number of aryl methyl sites for hydroxylation is 1. The third-order valence-corrected chi connectivity index (χ3v) is 4.71. The van der Waals surface area contributed by atoms with E-state index in [1.165, 1.54) is 10.9 Å². The molecule has 2 aromatic rings. The van der Waals surface area contributed by atoms with Gasteiger partial charge < -0.3 is 15.4 Å². The number of pyridine rings is 1. The highest BCUT2D eigenvalue weighted by Crippen LogP contribution is 2.29. The van der Waals surface area contributed by atoms with Crippen LogP contribution in [0.5, 0.6) is 5.88 Å². The lowest BCUT2D eigenvalue weighted by molar-refractivity contribution is -0.137. The molecule has 0 aliphatic carbocycles. The van der Waals surface area contributed by atoms with Crippen molar-refractivity contribution < 1.29 is 17.9 Å². The van der Waals surface area contributed by atoms with Crippen LogP contribution in [-0.4, -0.2) is 42.7 Å². The van der Waals surface area contributed by atoms with Gasteiger partial charge in [0.25, 0.3) is 0 Å². The first kappa shape index (κ1) is 24.4. The maximum atomic E-state index is 12.5. The molecule has 6 nitrogen and oxygen atoms in total. The SMILES string of the molecule is CCc1cnc(CCNC(=NC)NCCOc2ccc(C(F)(F)F)cn2)s1.I. The molecule has 0 radical (unpaired) electrons. The molecule has 0 unspecified atom stereocenters. The molecule has 0 aliphatic rings. The van der Waals surface area contributed by atoms with Gasteiger partial charge in [-0.15, -0.1) is 35.3 Å². The van der Waals surface area contributed by atoms with Gasteiger partial charge in [-0.25, -0.2) is 9.97 Å². The van der Waals surface area contributed by atoms with Gasteiger partial charge in [-0.05, 0) is 12.5 Å². The summed E-state index contributed by atoms with van der Waals surface area (Å²) in [5.74, 6) is 0.759. The lowest BCUT2D eigenvalue weighted by atomic mass is 10.3. The van der Waals surface area contributed by atoms with E-state index in [4.69, 9.17) is 4.74 Å². The largest absolute Gasteiger partial charge is 0.476 e. The second-order valence-corrected chi connectivity index (χ2v) is 6.68. The molecule has 11 heteroatoms. The Labute approximate surface area is 183 Å². The molecule has 2 aromatic heterocycles. The maximum absolute atomic E-state index is 12.5. The molecule has 0 bridgehead atoms. The predicted octanol–water partition coefficient (Wildman–Crippen LogP) is 3.52. The van der Waals surface area contributed by atoms with Crippen LogP contribution in [0.4, 0.5) is 13.2 Å². The first-order chi connectivity index (χ1) is 12.9. The van der Waals surface area contributed by atoms with Crippen molar-refractivity contribution in [2.75, 3.05) is 26.7 Å². The van der Waals surface area contributed by atoms with Gasteiger partial charge in [0.2, 0.25) is 5.88 Å². The van der Waals surface area contributed by atoms with E-state index < -0.39 is 11.7 Å². The standard InChI is InChI=1S/C17H22F3N5OS.HI/c1-3-13-11-25-15(27-13)6-7-22-16(21-2)23-8-9-26-14-5-4-12(10-24-14)17(18,19)20;/h4-5,10-11H,3,6-9H2,1-2H3,(H2,21,22,23);1H. The molecule has 156 valence electrons. The predicted molar refractivity (Wildman–Crippen MR) is 115 cm³/mol. The molecule has 28 heavy (non-hydrogen) atoms. The average Bonchev–Trinajstić information content (AvgIpc) is 3.11. The molecule has 0 saturated heterocycles. The molecular weight excluding hydrogens is 506 g/mol. The van der Waals surface area contributed by atoms with Crippen LogP contribution in [0.15, 0.2) is 29.5 Å². The van der Waals surface area contributed by atoms with Crippen LogP contribution in [0.2, 0.25) is 0 Å². The minimum atomic E-state index is -4.40. The Morgan fingerprint density at radius 1 is 1.18 bits per heavy atom. The van der Waals surface area contributed by atoms with Crippen molar-refractivity contribution in [1.82, 2.24) is 20.6 Å². The van der Waals surface area contributed by atoms with Crippen LogP contribution < -0.4 is 15.4 Å². The third-order valence-electron chi connectivity index (χ3n) is 3.51. The molecule has 0 amide bonds. The van der Waals surface area contributed by atoms with Gasteiger partial charge in [0, 0.05) is 43.4 Å². The van der Waals surface area contributed by atoms with Gasteiger partial charge in [-0.1, -0.05) is 6.92 Å². The Morgan fingerprint density at radius 3 is 2.50 bits per heavy atom. The van der Waals surface area contributed by atoms with Crippen molar-refractivity contribution in [3.05, 3.63) is 40.0 Å². The fraction of sp³-hybridized carbons (Fsp3) is 0.471. The number of hydrogen-bond donors (Lipinski definition) is 2. The fourth-order valence-corrected chi connectivity index (χ4v) is 2.96. The molecule has 2 N–H and O–H groups in total. The summed E-state index contributed by atoms with van der Waals surface area (Å²) in [5.41, 5.74) is -0.802. The summed E-state index contributed by atoms with van der Waals surface area (Å²) >= 11 is 1.70. The zero-order valence-electron chi connectivity index (χ0n) is 15.5. The highest BCUT2D eigenvalue weighted by atomic mass is 127. The molecule has 0 fully saturated rings. The maximum Gasteiger partial charge on any atom is 0.417 e. The minimum absolute atomic E-state index is 0. The summed E-state index contributed by atoms with van der Waals surface area (Å²) in [6, 6.07) is 2.15. The number of thiazole rings is 1. The minimum Gasteiger partial charge on any atom is -0.476 e. The number of nitrogens with one attached hydrogen (secondary N) is 2. The molecule has 2 rings (SSSR count). The first-order valence-electron chi connectivity index (χ1n) is 8.46. The summed E-state index contributed by atoms with van der Waals surface area (Å²) in [6.45, 7) is 3.46. The van der Waals surface area contributed by atoms with Crippen molar-refractivity contribution in [1.29, 1.82) is 0 Å². The lowest BCUT2D eigenvalue weighted by Crippen LogP contribution is -2.40. The van der Waals surface area contributed by atoms with Gasteiger partial charge in [-0.2, -0.15) is 13.2 Å². The quantitative estimate of drug-likeness (QED) is 0.237. The zero-order chi connectivity index (χ0) is 19.7. The van der Waals surface area contributed by atoms with Crippen LogP contribution in [0, 0.1) is 0 Å². The molecule has 0 spiro atoms. The van der Waals surface area contributed by atoms with E-state index >= 15 is 0 Å². The van der Waals surface area contributed by atoms with E-state index in [1.807, 2.05) is 6.20 Å². The lowest BCUT2D eigenvalue weighted by Gasteiger charge is -2.12. The molecule has 0 atom stereocenters. The molecular formula is C17H23F3IN5OS. The highest BCUT2D eigenvalue weighted by molar-refractivity contribution is 14.0. The number of hydrogen-bond acceptors (Lipinski definition) is 5. The number of nitrogens with zero attached hydrogens (tertiary/aromatic N) is 3. The third kappa shape index (κ3) is 8.17. The first-order valence-corrected chi connectivity index (χ1v) is 9.28. The normalized spacial score (nSPS) is 11.7. The zero-order valence-corrected chi connectivity index (χ0v) is 18.7. The molecule has 0 aromatic carbocycles. The van der Waals surface area contributed by atoms with Crippen LogP contribution >= 0.6 is 35.3 Å². The van der Waals surface area contributed by atoms with Gasteiger partial charge in [-0.3, -0.25) is 4.99 Å². The number of aromatic nitrogens is 2. The van der Waals surface area contributed by atoms with E-state index in [9.17, 15) is 13.2 Å². The van der Waals surface area contributed by atoms with E-state index in [0.717, 1.165) is 30.1 Å². The summed E-state index contributed by atoms with van der Waals surface area (Å²) < 4.78 is 42.7. The topological polar surface area (TPSA) is 71.4 Å². The summed E-state index contributed by atoms with van der Waals surface area (Å²) in [6.07, 6.45) is 0.0486. The number of ether oxygens (including phenoxy) is 1. The van der Waals surface area contributed by atoms with Crippen molar-refractivity contribution in [2.24, 2.45) is 4.99 Å². The Bertz CT molecular complexity index is 737. The number of halogens is 4. The Balaban J connectivity index is 0.00000392. The average molecular weight is 529 g/mol. The number of aliphatic imine (C=N–C) groups is 1. The number of guanidine groups is 1. The van der Waals surface area contributed by atoms with E-state index in [-0.39, 0.29) is 36.5 Å². The van der Waals surface area contributed by atoms with E-state index in [1.54, 1.807) is 18.4 Å². The second-order valence-electron chi connectivity index (χ2n) is 5.48. The monoisotopic (exact) mass is 529 g/mol. The van der Waals surface area contributed by atoms with Gasteiger partial charge in [0.1, 0.15) is 6.61 Å². The molecule has 2 heterocycles. The highest BCUT2D eigenvalue weighted by Gasteiger charge is 2.30. The van der Waals surface area contributed by atoms with Crippen LogP contribution in [0.3, 0.4) is 0 Å². The summed E-state index contributed by atoms with van der Waals surface area (Å²) in [7, 11) is 1.66. The summed E-state index contributed by atoms with van der Waals surface area (Å²) in [5, 5.41) is 7.32. The van der Waals surface area contributed by atoms with Crippen LogP contribution in [0.25, 0.3) is 0 Å². The van der Waals surface area contributed by atoms with Crippen molar-refractivity contribution >= 4 is 41.3 Å². The Kier molecular flexibility index (Phi) is 10.5. The van der Waals surface area contributed by atoms with Crippen molar-refractivity contribution in [2.45, 2.75) is 25.9 Å². The van der Waals surface area contributed by atoms with Crippen molar-refractivity contribution in [3.63, 3.8) is 0 Å². The van der Waals surface area contributed by atoms with Crippen LogP contribution in [0.1, 0.15) is 22.4 Å². The van der Waals surface area contributed by atoms with Gasteiger partial charge >= 0.3 is 6.18 Å². The number of rotatable bonds is 8. The number of alkyl halides is 3. The van der Waals surface area contributed by atoms with E-state index in [2.05, 4.69) is 32.5 Å². The fourth-order valence-electron chi connectivity index (χ4n) is 2.09. The molecule has 0 saturated carbocycles. The Hall–Kier alpha value is -1.63. The second kappa shape index (κ2) is 12.0. The van der Waals surface area contributed by atoms with Gasteiger partial charge in [0.15, 0.2) is 5.96 Å². The van der Waals surface area contributed by atoms with Crippen molar-refractivity contribution in [3.8, 4) is 5.88 Å². The summed E-state index contributed by atoms with van der Waals surface area (Å²) in [4.78, 5) is 13.4. The van der Waals surface area contributed by atoms with Gasteiger partial charge in [0.05, 0.1) is 17.1 Å². The smallest absolute Gasteiger partial charge is 0.417 e. The molecule has 0 aliphatic heterocycles. The Morgan fingerprint density at radius 2 is 1.93 bits per heavy atom. The van der Waals surface area contributed by atoms with Crippen LogP contribution in [-0.2, 0) is 19.0 Å².